The molecule has 0 radical (unpaired) electrons. The Hall–Kier alpha value is -0.0800. The maximum atomic E-state index is 11.1. The van der Waals surface area contributed by atoms with Crippen LogP contribution in [-0.4, -0.2) is 22.9 Å². The lowest BCUT2D eigenvalue weighted by atomic mass is 9.45. The molecule has 6 fully saturated rings. The Labute approximate surface area is 178 Å². The van der Waals surface area contributed by atoms with Gasteiger partial charge < -0.3 is 9.84 Å². The molecule has 0 amide bonds. The minimum Gasteiger partial charge on any atom is -0.389 e. The van der Waals surface area contributed by atoms with Crippen molar-refractivity contribution in [1.29, 1.82) is 0 Å². The summed E-state index contributed by atoms with van der Waals surface area (Å²) in [6, 6.07) is 0. The average molecular weight is 401 g/mol. The molecular formula is C27H44O2. The molecule has 1 aliphatic heterocycles. The third-order valence-corrected chi connectivity index (χ3v) is 12.3. The van der Waals surface area contributed by atoms with Gasteiger partial charge in [0.25, 0.3) is 0 Å². The van der Waals surface area contributed by atoms with Crippen molar-refractivity contribution in [2.75, 3.05) is 0 Å². The molecule has 11 atom stereocenters. The van der Waals surface area contributed by atoms with Crippen molar-refractivity contribution < 1.29 is 9.84 Å². The Kier molecular flexibility index (Phi) is 3.94. The van der Waals surface area contributed by atoms with Crippen molar-refractivity contribution in [1.82, 2.24) is 0 Å². The van der Waals surface area contributed by atoms with Gasteiger partial charge in [-0.15, -0.1) is 0 Å². The number of fused-ring (bicyclic) bond motifs is 6. The Balaban J connectivity index is 1.25. The van der Waals surface area contributed by atoms with E-state index < -0.39 is 0 Å². The van der Waals surface area contributed by atoms with Crippen molar-refractivity contribution in [3.63, 3.8) is 0 Å². The average Bonchev–Trinajstić information content (AvgIpc) is 2.88. The van der Waals surface area contributed by atoms with E-state index in [9.17, 15) is 5.11 Å². The zero-order valence-electron chi connectivity index (χ0n) is 19.5. The molecular weight excluding hydrogens is 356 g/mol. The molecule has 6 rings (SSSR count). The van der Waals surface area contributed by atoms with Gasteiger partial charge in [-0.2, -0.15) is 0 Å². The molecule has 164 valence electrons. The SMILES string of the molecule is CC(C)CC[C@H]1O[C@H]2C[C@H]3[C@@H]4CCC56CC5(O)CC[C@]6(C)[C@H]4CC[C@]3(C)[C@H]2[C@@H]1C. The van der Waals surface area contributed by atoms with Crippen LogP contribution in [0.25, 0.3) is 0 Å². The molecule has 1 saturated heterocycles. The zero-order chi connectivity index (χ0) is 20.4. The second-order valence-electron chi connectivity index (χ2n) is 13.5. The molecule has 0 aromatic heterocycles. The number of hydrogen-bond donors (Lipinski definition) is 1. The Morgan fingerprint density at radius 2 is 1.83 bits per heavy atom. The van der Waals surface area contributed by atoms with Crippen molar-refractivity contribution in [3.05, 3.63) is 0 Å². The zero-order valence-corrected chi connectivity index (χ0v) is 19.5. The first-order valence-electron chi connectivity index (χ1n) is 13.0. The Morgan fingerprint density at radius 3 is 2.55 bits per heavy atom. The van der Waals surface area contributed by atoms with Crippen LogP contribution in [0.5, 0.6) is 0 Å². The lowest BCUT2D eigenvalue weighted by molar-refractivity contribution is -0.111. The summed E-state index contributed by atoms with van der Waals surface area (Å²) in [6.07, 6.45) is 13.9. The summed E-state index contributed by atoms with van der Waals surface area (Å²) >= 11 is 0. The molecule has 1 N–H and O–H groups in total. The molecule has 0 aromatic carbocycles. The van der Waals surface area contributed by atoms with Gasteiger partial charge in [0, 0.05) is 5.41 Å². The van der Waals surface area contributed by atoms with Crippen LogP contribution in [0, 0.1) is 51.8 Å². The van der Waals surface area contributed by atoms with Crippen LogP contribution in [0.1, 0.15) is 98.8 Å². The highest BCUT2D eigenvalue weighted by Crippen LogP contribution is 2.83. The third kappa shape index (κ3) is 2.22. The second-order valence-corrected chi connectivity index (χ2v) is 13.5. The van der Waals surface area contributed by atoms with Crippen LogP contribution >= 0.6 is 0 Å². The molecule has 2 unspecified atom stereocenters. The minimum atomic E-state index is -0.277. The molecule has 1 heterocycles. The summed E-state index contributed by atoms with van der Waals surface area (Å²) in [4.78, 5) is 0. The van der Waals surface area contributed by atoms with Gasteiger partial charge in [-0.3, -0.25) is 0 Å². The summed E-state index contributed by atoms with van der Waals surface area (Å²) in [6.45, 7) is 12.5. The van der Waals surface area contributed by atoms with Crippen molar-refractivity contribution in [2.24, 2.45) is 51.8 Å². The van der Waals surface area contributed by atoms with Gasteiger partial charge in [0.15, 0.2) is 0 Å². The monoisotopic (exact) mass is 400 g/mol. The molecule has 5 aliphatic carbocycles. The van der Waals surface area contributed by atoms with Gasteiger partial charge in [-0.1, -0.05) is 34.6 Å². The minimum absolute atomic E-state index is 0.277. The number of ether oxygens (including phenoxy) is 1. The second kappa shape index (κ2) is 5.83. The van der Waals surface area contributed by atoms with Crippen LogP contribution in [-0.2, 0) is 4.74 Å². The third-order valence-electron chi connectivity index (χ3n) is 12.3. The standard InChI is InChI=1S/C27H44O2/c1-16(2)6-7-21-17(3)23-22(29-21)14-20-18-8-11-26-15-27(26,28)13-12-25(26,5)19(18)9-10-24(20,23)4/h16-23,28H,6-15H2,1-5H3/t17-,18-,19+,20+,21-,22+,23+,24+,25-,26?,27?/m1/s1. The van der Waals surface area contributed by atoms with E-state index in [2.05, 4.69) is 34.6 Å². The highest BCUT2D eigenvalue weighted by atomic mass is 16.5. The summed E-state index contributed by atoms with van der Waals surface area (Å²) in [5.74, 6) is 4.92. The predicted molar refractivity (Wildman–Crippen MR) is 116 cm³/mol. The van der Waals surface area contributed by atoms with Gasteiger partial charge in [0.05, 0.1) is 17.8 Å². The number of hydrogen-bond acceptors (Lipinski definition) is 2. The van der Waals surface area contributed by atoms with E-state index in [-0.39, 0.29) is 5.60 Å². The first-order chi connectivity index (χ1) is 13.7. The summed E-state index contributed by atoms with van der Waals surface area (Å²) < 4.78 is 6.80. The van der Waals surface area contributed by atoms with Gasteiger partial charge >= 0.3 is 0 Å². The Morgan fingerprint density at radius 1 is 1.03 bits per heavy atom. The molecule has 0 bridgehead atoms. The van der Waals surface area contributed by atoms with Crippen molar-refractivity contribution in [2.45, 2.75) is 117 Å². The van der Waals surface area contributed by atoms with Crippen LogP contribution in [0.2, 0.25) is 0 Å². The summed E-state index contributed by atoms with van der Waals surface area (Å²) in [5.41, 5.74) is 0.934. The molecule has 2 nitrogen and oxygen atoms in total. The van der Waals surface area contributed by atoms with Crippen LogP contribution in [0.3, 0.4) is 0 Å². The van der Waals surface area contributed by atoms with Crippen molar-refractivity contribution in [3.8, 4) is 0 Å². The van der Waals surface area contributed by atoms with Crippen LogP contribution < -0.4 is 0 Å². The lowest BCUT2D eigenvalue weighted by Crippen LogP contribution is -2.53. The smallest absolute Gasteiger partial charge is 0.0716 e. The largest absolute Gasteiger partial charge is 0.389 e. The summed E-state index contributed by atoms with van der Waals surface area (Å²) in [7, 11) is 0. The van der Waals surface area contributed by atoms with Gasteiger partial charge in [0.1, 0.15) is 0 Å². The molecule has 29 heavy (non-hydrogen) atoms. The van der Waals surface area contributed by atoms with E-state index in [1.165, 1.54) is 51.4 Å². The molecule has 1 spiro atoms. The molecule has 6 aliphatic rings. The maximum absolute atomic E-state index is 11.1. The van der Waals surface area contributed by atoms with Crippen molar-refractivity contribution >= 4 is 0 Å². The Bertz CT molecular complexity index is 703. The fourth-order valence-electron chi connectivity index (χ4n) is 10.8. The van der Waals surface area contributed by atoms with E-state index in [1.54, 1.807) is 0 Å². The van der Waals surface area contributed by atoms with Crippen LogP contribution in [0.15, 0.2) is 0 Å². The molecule has 0 aromatic rings. The maximum Gasteiger partial charge on any atom is 0.0716 e. The number of aliphatic hydroxyl groups is 1. The lowest BCUT2D eigenvalue weighted by Gasteiger charge is -2.59. The number of rotatable bonds is 3. The topological polar surface area (TPSA) is 29.5 Å². The van der Waals surface area contributed by atoms with Gasteiger partial charge in [-0.05, 0) is 111 Å². The predicted octanol–water partition coefficient (Wildman–Crippen LogP) is 6.21. The van der Waals surface area contributed by atoms with E-state index in [0.717, 1.165) is 48.3 Å². The van der Waals surface area contributed by atoms with E-state index in [0.29, 0.717) is 28.5 Å². The first-order valence-corrected chi connectivity index (χ1v) is 13.0. The fourth-order valence-corrected chi connectivity index (χ4v) is 10.8. The highest BCUT2D eigenvalue weighted by Gasteiger charge is 2.81. The highest BCUT2D eigenvalue weighted by molar-refractivity contribution is 5.31. The van der Waals surface area contributed by atoms with E-state index in [4.69, 9.17) is 4.74 Å². The van der Waals surface area contributed by atoms with E-state index >= 15 is 0 Å². The van der Waals surface area contributed by atoms with Crippen LogP contribution in [0.4, 0.5) is 0 Å². The molecule has 5 saturated carbocycles. The van der Waals surface area contributed by atoms with Gasteiger partial charge in [-0.25, -0.2) is 0 Å². The molecule has 2 heteroatoms. The first kappa shape index (κ1) is 19.6. The van der Waals surface area contributed by atoms with E-state index in [1.807, 2.05) is 0 Å². The van der Waals surface area contributed by atoms with Gasteiger partial charge in [0.2, 0.25) is 0 Å². The fraction of sp³-hybridized carbons (Fsp3) is 1.00. The summed E-state index contributed by atoms with van der Waals surface area (Å²) in [5, 5.41) is 11.1. The normalized spacial score (nSPS) is 62.4. The quantitative estimate of drug-likeness (QED) is 0.610.